The van der Waals surface area contributed by atoms with Crippen molar-refractivity contribution < 1.29 is 14.7 Å². The van der Waals surface area contributed by atoms with Crippen LogP contribution in [0.3, 0.4) is 0 Å². The van der Waals surface area contributed by atoms with E-state index in [9.17, 15) is 14.7 Å². The number of benzene rings is 1. The third kappa shape index (κ3) is 2.70. The van der Waals surface area contributed by atoms with Gasteiger partial charge in [-0.3, -0.25) is 14.9 Å². The van der Waals surface area contributed by atoms with E-state index in [1.54, 1.807) is 30.0 Å². The van der Waals surface area contributed by atoms with Crippen molar-refractivity contribution in [3.05, 3.63) is 28.2 Å². The Morgan fingerprint density at radius 2 is 1.94 bits per heavy atom. The molecular formula is C12H13BrN2O3. The summed E-state index contributed by atoms with van der Waals surface area (Å²) in [4.78, 5) is 24.3. The maximum absolute atomic E-state index is 11.3. The number of imide groups is 1. The molecule has 5 nitrogen and oxygen atoms in total. The highest BCUT2D eigenvalue weighted by atomic mass is 79.9. The Bertz CT molecular complexity index is 486. The molecule has 1 heterocycles. The van der Waals surface area contributed by atoms with Crippen molar-refractivity contribution in [1.82, 2.24) is 5.32 Å². The number of piperazine rings is 1. The highest BCUT2D eigenvalue weighted by Crippen LogP contribution is 2.29. The fraction of sp³-hybridized carbons (Fsp3) is 0.333. The molecule has 96 valence electrons. The summed E-state index contributed by atoms with van der Waals surface area (Å²) in [6.07, 6.45) is -0.554. The number of nitrogens with one attached hydrogen (secondary N) is 1. The topological polar surface area (TPSA) is 69.6 Å². The van der Waals surface area contributed by atoms with Gasteiger partial charge in [0.2, 0.25) is 11.8 Å². The molecule has 1 fully saturated rings. The second kappa shape index (κ2) is 5.07. The van der Waals surface area contributed by atoms with Crippen LogP contribution in [0.2, 0.25) is 0 Å². The van der Waals surface area contributed by atoms with E-state index in [4.69, 9.17) is 0 Å². The lowest BCUT2D eigenvalue weighted by Crippen LogP contribution is -2.51. The molecule has 18 heavy (non-hydrogen) atoms. The van der Waals surface area contributed by atoms with Gasteiger partial charge in [-0.15, -0.1) is 0 Å². The normalized spacial score (nSPS) is 17.6. The van der Waals surface area contributed by atoms with Crippen LogP contribution in [0.25, 0.3) is 0 Å². The van der Waals surface area contributed by atoms with E-state index in [1.165, 1.54) is 0 Å². The van der Waals surface area contributed by atoms with Crippen LogP contribution in [0, 0.1) is 0 Å². The summed E-state index contributed by atoms with van der Waals surface area (Å²) < 4.78 is 0.753. The number of hydrogen-bond donors (Lipinski definition) is 2. The molecule has 0 saturated carbocycles. The monoisotopic (exact) mass is 312 g/mol. The van der Waals surface area contributed by atoms with E-state index >= 15 is 0 Å². The molecule has 1 aliphatic heterocycles. The standard InChI is InChI=1S/C12H13BrN2O3/c1-7(16)8-2-3-10(9(13)4-8)15-5-11(17)14-12(18)6-15/h2-4,7,16H,5-6H2,1H3,(H,14,17,18)/t7-/m0/s1. The molecule has 2 rings (SSSR count). The summed E-state index contributed by atoms with van der Waals surface area (Å²) >= 11 is 3.40. The Morgan fingerprint density at radius 3 is 2.44 bits per heavy atom. The van der Waals surface area contributed by atoms with E-state index in [-0.39, 0.29) is 24.9 Å². The number of rotatable bonds is 2. The zero-order valence-corrected chi connectivity index (χ0v) is 11.4. The number of carbonyl (C=O) groups is 2. The smallest absolute Gasteiger partial charge is 0.246 e. The molecule has 2 amide bonds. The summed E-state index contributed by atoms with van der Waals surface area (Å²) in [5.41, 5.74) is 1.54. The minimum atomic E-state index is -0.554. The molecule has 1 atom stereocenters. The van der Waals surface area contributed by atoms with E-state index in [0.29, 0.717) is 0 Å². The Balaban J connectivity index is 2.28. The Kier molecular flexibility index (Phi) is 3.68. The van der Waals surface area contributed by atoms with Crippen LogP contribution in [0.1, 0.15) is 18.6 Å². The lowest BCUT2D eigenvalue weighted by atomic mass is 10.1. The molecular weight excluding hydrogens is 300 g/mol. The molecule has 0 radical (unpaired) electrons. The summed E-state index contributed by atoms with van der Waals surface area (Å²) in [5.74, 6) is -0.615. The van der Waals surface area contributed by atoms with Crippen LogP contribution in [0.4, 0.5) is 5.69 Å². The van der Waals surface area contributed by atoms with Crippen molar-refractivity contribution in [3.8, 4) is 0 Å². The third-order valence-corrected chi connectivity index (χ3v) is 3.38. The molecule has 1 aliphatic rings. The number of hydrogen-bond acceptors (Lipinski definition) is 4. The SMILES string of the molecule is C[C@H](O)c1ccc(N2CC(=O)NC(=O)C2)c(Br)c1. The molecule has 1 saturated heterocycles. The second-order valence-electron chi connectivity index (χ2n) is 4.21. The zero-order valence-electron chi connectivity index (χ0n) is 9.81. The van der Waals surface area contributed by atoms with Gasteiger partial charge in [-0.1, -0.05) is 6.07 Å². The van der Waals surface area contributed by atoms with Gasteiger partial charge in [-0.05, 0) is 40.5 Å². The first-order valence-electron chi connectivity index (χ1n) is 5.52. The molecule has 6 heteroatoms. The summed E-state index contributed by atoms with van der Waals surface area (Å²) in [5, 5.41) is 11.7. The van der Waals surface area contributed by atoms with E-state index < -0.39 is 6.10 Å². The predicted molar refractivity (Wildman–Crippen MR) is 70.1 cm³/mol. The van der Waals surface area contributed by atoms with Gasteiger partial charge in [0, 0.05) is 4.47 Å². The van der Waals surface area contributed by atoms with Crippen LogP contribution in [0.5, 0.6) is 0 Å². The van der Waals surface area contributed by atoms with Gasteiger partial charge in [0.25, 0.3) is 0 Å². The van der Waals surface area contributed by atoms with Gasteiger partial charge in [0.05, 0.1) is 24.9 Å². The average Bonchev–Trinajstić information content (AvgIpc) is 2.27. The number of carbonyl (C=O) groups excluding carboxylic acids is 2. The number of halogens is 1. The van der Waals surface area contributed by atoms with Crippen molar-refractivity contribution in [2.24, 2.45) is 0 Å². The van der Waals surface area contributed by atoms with Crippen LogP contribution in [-0.4, -0.2) is 30.0 Å². The first-order chi connectivity index (χ1) is 8.47. The minimum Gasteiger partial charge on any atom is -0.389 e. The maximum atomic E-state index is 11.3. The predicted octanol–water partition coefficient (Wildman–Crippen LogP) is 0.965. The van der Waals surface area contributed by atoms with Gasteiger partial charge in [0.15, 0.2) is 0 Å². The first-order valence-corrected chi connectivity index (χ1v) is 6.32. The summed E-state index contributed by atoms with van der Waals surface area (Å²) in [6, 6.07) is 5.36. The van der Waals surface area contributed by atoms with Gasteiger partial charge in [-0.25, -0.2) is 0 Å². The Hall–Kier alpha value is -1.40. The molecule has 0 unspecified atom stereocenters. The average molecular weight is 313 g/mol. The fourth-order valence-electron chi connectivity index (χ4n) is 1.85. The van der Waals surface area contributed by atoms with Crippen molar-refractivity contribution in [1.29, 1.82) is 0 Å². The number of nitrogens with zero attached hydrogens (tertiary/aromatic N) is 1. The number of amides is 2. The van der Waals surface area contributed by atoms with E-state index in [1.807, 2.05) is 0 Å². The minimum absolute atomic E-state index is 0.151. The molecule has 0 aromatic heterocycles. The third-order valence-electron chi connectivity index (χ3n) is 2.74. The highest BCUT2D eigenvalue weighted by molar-refractivity contribution is 9.10. The molecule has 0 bridgehead atoms. The molecule has 0 aliphatic carbocycles. The maximum Gasteiger partial charge on any atom is 0.246 e. The van der Waals surface area contributed by atoms with Crippen molar-refractivity contribution in [2.45, 2.75) is 13.0 Å². The van der Waals surface area contributed by atoms with Gasteiger partial charge in [-0.2, -0.15) is 0 Å². The molecule has 1 aromatic carbocycles. The largest absolute Gasteiger partial charge is 0.389 e. The molecule has 2 N–H and O–H groups in total. The number of aliphatic hydroxyl groups is 1. The Morgan fingerprint density at radius 1 is 1.33 bits per heavy atom. The van der Waals surface area contributed by atoms with Gasteiger partial charge < -0.3 is 10.0 Å². The highest BCUT2D eigenvalue weighted by Gasteiger charge is 2.24. The van der Waals surface area contributed by atoms with E-state index in [0.717, 1.165) is 15.7 Å². The first kappa shape index (κ1) is 13.0. The summed E-state index contributed by atoms with van der Waals surface area (Å²) in [6.45, 7) is 1.98. The van der Waals surface area contributed by atoms with Crippen molar-refractivity contribution in [2.75, 3.05) is 18.0 Å². The zero-order chi connectivity index (χ0) is 13.3. The Labute approximate surface area is 113 Å². The van der Waals surface area contributed by atoms with E-state index in [2.05, 4.69) is 21.2 Å². The lowest BCUT2D eigenvalue weighted by Gasteiger charge is -2.28. The van der Waals surface area contributed by atoms with Crippen LogP contribution in [-0.2, 0) is 9.59 Å². The van der Waals surface area contributed by atoms with Gasteiger partial charge >= 0.3 is 0 Å². The van der Waals surface area contributed by atoms with Crippen molar-refractivity contribution in [3.63, 3.8) is 0 Å². The number of anilines is 1. The molecule has 0 spiro atoms. The second-order valence-corrected chi connectivity index (χ2v) is 5.07. The van der Waals surface area contributed by atoms with Crippen LogP contribution >= 0.6 is 15.9 Å². The van der Waals surface area contributed by atoms with Gasteiger partial charge in [0.1, 0.15) is 0 Å². The van der Waals surface area contributed by atoms with Crippen LogP contribution in [0.15, 0.2) is 22.7 Å². The quantitative estimate of drug-likeness (QED) is 0.798. The fourth-order valence-corrected chi connectivity index (χ4v) is 2.49. The molecule has 1 aromatic rings. The van der Waals surface area contributed by atoms with Crippen LogP contribution < -0.4 is 10.2 Å². The lowest BCUT2D eigenvalue weighted by molar-refractivity contribution is -0.130. The summed E-state index contributed by atoms with van der Waals surface area (Å²) in [7, 11) is 0. The van der Waals surface area contributed by atoms with Crippen molar-refractivity contribution >= 4 is 33.4 Å². The number of aliphatic hydroxyl groups excluding tert-OH is 1.